The van der Waals surface area contributed by atoms with E-state index in [1.165, 1.54) is 0 Å². The van der Waals surface area contributed by atoms with Crippen molar-refractivity contribution in [1.82, 2.24) is 4.90 Å². The molecule has 7 rings (SSSR count). The van der Waals surface area contributed by atoms with E-state index in [0.29, 0.717) is 37.4 Å². The van der Waals surface area contributed by atoms with Crippen molar-refractivity contribution < 1.29 is 43.9 Å². The van der Waals surface area contributed by atoms with Crippen LogP contribution in [0.4, 0.5) is 0 Å². The summed E-state index contributed by atoms with van der Waals surface area (Å²) in [4.78, 5) is 22.2. The zero-order chi connectivity index (χ0) is 40.5. The fourth-order valence-corrected chi connectivity index (χ4v) is 9.54. The Morgan fingerprint density at radius 3 is 2.45 bits per heavy atom. The number of ether oxygens (including phenoxy) is 4. The Balaban J connectivity index is 1.41. The molecule has 1 amide bonds. The fourth-order valence-electron chi connectivity index (χ4n) is 9.54. The van der Waals surface area contributed by atoms with Crippen LogP contribution in [0.1, 0.15) is 76.2 Å². The normalized spacial score (nSPS) is 25.3. The third-order valence-corrected chi connectivity index (χ3v) is 12.2. The van der Waals surface area contributed by atoms with E-state index in [2.05, 4.69) is 36.9 Å². The van der Waals surface area contributed by atoms with E-state index in [4.69, 9.17) is 28.9 Å². The van der Waals surface area contributed by atoms with Crippen LogP contribution in [0.2, 0.25) is 0 Å². The summed E-state index contributed by atoms with van der Waals surface area (Å²) in [5, 5.41) is 36.3. The van der Waals surface area contributed by atoms with E-state index in [9.17, 15) is 20.1 Å². The number of hydrogen-bond acceptors (Lipinski definition) is 10. The van der Waals surface area contributed by atoms with E-state index >= 15 is 0 Å². The molecule has 0 unspecified atom stereocenters. The van der Waals surface area contributed by atoms with Crippen LogP contribution >= 0.6 is 0 Å². The molecule has 0 saturated heterocycles. The molecule has 3 aromatic rings. The average molecular weight is 797 g/mol. The minimum absolute atomic E-state index is 0.0321. The summed E-state index contributed by atoms with van der Waals surface area (Å²) in [6.07, 6.45) is 10.8. The number of unbranched alkanes of at least 4 members (excludes halogenated alkanes) is 2. The van der Waals surface area contributed by atoms with Gasteiger partial charge in [0, 0.05) is 43.6 Å². The minimum atomic E-state index is -1.34. The van der Waals surface area contributed by atoms with Gasteiger partial charge in [-0.1, -0.05) is 60.5 Å². The molecular weight excluding hydrogens is 737 g/mol. The Morgan fingerprint density at radius 2 is 1.71 bits per heavy atom. The van der Waals surface area contributed by atoms with Gasteiger partial charge in [-0.05, 0) is 104 Å². The Labute approximate surface area is 342 Å². The van der Waals surface area contributed by atoms with E-state index < -0.39 is 17.7 Å². The van der Waals surface area contributed by atoms with Crippen molar-refractivity contribution >= 4 is 22.4 Å². The Morgan fingerprint density at radius 1 is 0.948 bits per heavy atom. The van der Waals surface area contributed by atoms with Crippen molar-refractivity contribution in [3.8, 4) is 17.2 Å². The summed E-state index contributed by atoms with van der Waals surface area (Å²) in [5.74, 6) is 0.330. The van der Waals surface area contributed by atoms with E-state index in [-0.39, 0.29) is 75.8 Å². The van der Waals surface area contributed by atoms with Gasteiger partial charge in [0.05, 0.1) is 38.1 Å². The maximum absolute atomic E-state index is 14.5. The summed E-state index contributed by atoms with van der Waals surface area (Å²) < 4.78 is 26.8. The van der Waals surface area contributed by atoms with Gasteiger partial charge in [-0.2, -0.15) is 0 Å². The first kappa shape index (κ1) is 41.9. The molecule has 11 nitrogen and oxygen atoms in total. The maximum atomic E-state index is 14.5. The van der Waals surface area contributed by atoms with Crippen LogP contribution in [0.5, 0.6) is 17.2 Å². The highest BCUT2D eigenvalue weighted by Gasteiger charge is 2.65. The van der Waals surface area contributed by atoms with Crippen LogP contribution in [0.3, 0.4) is 0 Å². The number of amides is 1. The SMILES string of the molecule is C=CCO[C@@]12Oc3ccc(Oc4ccc5ccccc5c4)cc3[C@H]3[C@H](CCCCO)[C@@H](CCCCO)C=C(C(=NOCC)C[C@@H]1N(CCOCCO)C(=O)C1CC1)[C@H]32. The summed E-state index contributed by atoms with van der Waals surface area (Å²) in [6, 6.07) is 19.7. The maximum Gasteiger partial charge on any atom is 0.239 e. The molecule has 58 heavy (non-hydrogen) atoms. The minimum Gasteiger partial charge on any atom is -0.459 e. The molecule has 1 heterocycles. The van der Waals surface area contributed by atoms with E-state index in [1.807, 2.05) is 48.2 Å². The Hall–Kier alpha value is -4.26. The highest BCUT2D eigenvalue weighted by atomic mass is 16.7. The Bertz CT molecular complexity index is 1930. The number of hydrogen-bond donors (Lipinski definition) is 3. The van der Waals surface area contributed by atoms with Gasteiger partial charge in [-0.3, -0.25) is 4.79 Å². The first-order valence-corrected chi connectivity index (χ1v) is 21.3. The second-order valence-corrected chi connectivity index (χ2v) is 15.9. The molecule has 2 fully saturated rings. The summed E-state index contributed by atoms with van der Waals surface area (Å²) in [6.45, 7) is 7.33. The number of aliphatic hydroxyl groups is 3. The zero-order valence-corrected chi connectivity index (χ0v) is 33.8. The number of benzene rings is 3. The van der Waals surface area contributed by atoms with Gasteiger partial charge in [0.25, 0.3) is 0 Å². The van der Waals surface area contributed by atoms with Gasteiger partial charge in [0.1, 0.15) is 29.9 Å². The van der Waals surface area contributed by atoms with Crippen LogP contribution in [0.15, 0.2) is 90.1 Å². The predicted molar refractivity (Wildman–Crippen MR) is 223 cm³/mol. The number of nitrogens with zero attached hydrogens (tertiary/aromatic N) is 2. The molecule has 2 saturated carbocycles. The number of carbonyl (C=O) groups excluding carboxylic acids is 1. The predicted octanol–water partition coefficient (Wildman–Crippen LogP) is 7.53. The van der Waals surface area contributed by atoms with Crippen molar-refractivity contribution in [3.05, 3.63) is 90.5 Å². The summed E-state index contributed by atoms with van der Waals surface area (Å²) >= 11 is 0. The van der Waals surface area contributed by atoms with Gasteiger partial charge in [-0.25, -0.2) is 0 Å². The van der Waals surface area contributed by atoms with Gasteiger partial charge in [0.15, 0.2) is 0 Å². The van der Waals surface area contributed by atoms with Crippen LogP contribution in [0, 0.1) is 23.7 Å². The molecular formula is C47H60N2O9. The second kappa shape index (κ2) is 19.7. The molecule has 0 radical (unpaired) electrons. The lowest BCUT2D eigenvalue weighted by Crippen LogP contribution is -2.70. The Kier molecular flexibility index (Phi) is 14.2. The molecule has 0 bridgehead atoms. The van der Waals surface area contributed by atoms with Gasteiger partial charge >= 0.3 is 0 Å². The highest BCUT2D eigenvalue weighted by Crippen LogP contribution is 2.62. The number of rotatable bonds is 22. The number of fused-ring (bicyclic) bond motifs is 3. The average Bonchev–Trinajstić information content (AvgIpc) is 4.10. The van der Waals surface area contributed by atoms with Gasteiger partial charge in [-0.15, -0.1) is 6.58 Å². The largest absolute Gasteiger partial charge is 0.459 e. The molecule has 3 aromatic carbocycles. The molecule has 11 heteroatoms. The van der Waals surface area contributed by atoms with Crippen molar-refractivity contribution in [3.63, 3.8) is 0 Å². The van der Waals surface area contributed by atoms with Gasteiger partial charge < -0.3 is 44.0 Å². The zero-order valence-electron chi connectivity index (χ0n) is 33.8. The highest BCUT2D eigenvalue weighted by molar-refractivity contribution is 6.03. The monoisotopic (exact) mass is 796 g/mol. The van der Waals surface area contributed by atoms with Gasteiger partial charge in [0.2, 0.25) is 11.7 Å². The molecule has 3 N–H and O–H groups in total. The standard InChI is InChI=1S/C47H60N2O9/c1-3-25-55-47-43(49(21-26-54-27-24-52)46(53)33-15-16-33)31-41(48-56-4-2)39-29-35(13-7-9-22-50)38(14-8-10-23-51)44(45(39)47)40-30-37(19-20-42(40)58-47)57-36-18-17-32-11-5-6-12-34(32)28-36/h3,5-6,11-12,17-20,28-30,33,35,38,43-45,50-52H,1,4,7-10,13-16,21-27,31H2,2H3/t35-,38+,43-,44+,45+,47+/m0/s1. The number of allylic oxidation sites excluding steroid dienone is 1. The molecule has 0 aromatic heterocycles. The van der Waals surface area contributed by atoms with E-state index in [1.54, 1.807) is 6.08 Å². The van der Waals surface area contributed by atoms with Crippen LogP contribution in [0.25, 0.3) is 10.8 Å². The van der Waals surface area contributed by atoms with Crippen LogP contribution in [-0.4, -0.2) is 96.5 Å². The van der Waals surface area contributed by atoms with Crippen LogP contribution in [-0.2, 0) is 19.1 Å². The quantitative estimate of drug-likeness (QED) is 0.0535. The third kappa shape index (κ3) is 8.99. The first-order valence-electron chi connectivity index (χ1n) is 21.3. The fraction of sp³-hybridized carbons (Fsp3) is 0.532. The molecule has 312 valence electrons. The van der Waals surface area contributed by atoms with Crippen molar-refractivity contribution in [1.29, 1.82) is 0 Å². The number of aliphatic hydroxyl groups excluding tert-OH is 3. The molecule has 3 aliphatic carbocycles. The second-order valence-electron chi connectivity index (χ2n) is 15.9. The molecule has 1 aliphatic heterocycles. The lowest BCUT2D eigenvalue weighted by Gasteiger charge is -2.60. The molecule has 4 aliphatic rings. The smallest absolute Gasteiger partial charge is 0.239 e. The van der Waals surface area contributed by atoms with Crippen molar-refractivity contribution in [2.24, 2.45) is 28.8 Å². The van der Waals surface area contributed by atoms with Crippen LogP contribution < -0.4 is 9.47 Å². The summed E-state index contributed by atoms with van der Waals surface area (Å²) in [7, 11) is 0. The van der Waals surface area contributed by atoms with E-state index in [0.717, 1.165) is 71.9 Å². The van der Waals surface area contributed by atoms with Crippen molar-refractivity contribution in [2.45, 2.75) is 82.5 Å². The lowest BCUT2D eigenvalue weighted by atomic mass is 9.55. The number of carbonyl (C=O) groups is 1. The topological polar surface area (TPSA) is 140 Å². The third-order valence-electron chi connectivity index (χ3n) is 12.2. The molecule has 6 atom stereocenters. The first-order chi connectivity index (χ1) is 28.5. The molecule has 0 spiro atoms. The summed E-state index contributed by atoms with van der Waals surface area (Å²) in [5.41, 5.74) is 2.75. The van der Waals surface area contributed by atoms with Crippen molar-refractivity contribution in [2.75, 3.05) is 52.8 Å². The number of oxime groups is 1. The lowest BCUT2D eigenvalue weighted by molar-refractivity contribution is -0.258.